The summed E-state index contributed by atoms with van der Waals surface area (Å²) in [5, 5.41) is 0.439. The lowest BCUT2D eigenvalue weighted by atomic mass is 10.3. The molecule has 10 heteroatoms. The second-order valence-electron chi connectivity index (χ2n) is 6.55. The van der Waals surface area contributed by atoms with Gasteiger partial charge in [-0.2, -0.15) is 0 Å². The van der Waals surface area contributed by atoms with Crippen LogP contribution < -0.4 is 20.1 Å². The summed E-state index contributed by atoms with van der Waals surface area (Å²) in [4.78, 5) is 20.0. The largest absolute Gasteiger partial charge is 0.491 e. The molecule has 0 radical (unpaired) electrons. The zero-order chi connectivity index (χ0) is 22.9. The Morgan fingerprint density at radius 2 is 0.969 bits per heavy atom. The van der Waals surface area contributed by atoms with Crippen molar-refractivity contribution in [3.05, 3.63) is 84.9 Å². The van der Waals surface area contributed by atoms with Crippen molar-refractivity contribution in [1.82, 2.24) is 0 Å². The molecule has 0 heterocycles. The van der Waals surface area contributed by atoms with E-state index in [4.69, 9.17) is 18.5 Å². The Labute approximate surface area is 186 Å². The van der Waals surface area contributed by atoms with Crippen LogP contribution in [0.1, 0.15) is 0 Å². The van der Waals surface area contributed by atoms with Crippen molar-refractivity contribution in [1.29, 1.82) is 0 Å². The molecule has 0 saturated heterocycles. The van der Waals surface area contributed by atoms with Crippen LogP contribution in [0.5, 0.6) is 11.5 Å². The first-order chi connectivity index (χ1) is 15.4. The Kier molecular flexibility index (Phi) is 8.65. The van der Waals surface area contributed by atoms with Gasteiger partial charge in [0.25, 0.3) is 0 Å². The van der Waals surface area contributed by atoms with Crippen molar-refractivity contribution >= 4 is 25.8 Å². The first-order valence-electron chi connectivity index (χ1n) is 9.78. The Balaban J connectivity index is 1.40. The van der Waals surface area contributed by atoms with Gasteiger partial charge in [-0.1, -0.05) is 42.5 Å². The highest BCUT2D eigenvalue weighted by Gasteiger charge is 2.22. The predicted octanol–water partition coefficient (Wildman–Crippen LogP) is 3.50. The van der Waals surface area contributed by atoms with Gasteiger partial charge in [-0.3, -0.25) is 9.13 Å². The number of hydrogen-bond acceptors (Lipinski definition) is 6. The standard InChI is InChI=1S/C22H24O8P2/c23-31(24,21-10-3-1-4-11-21)29-16-14-27-19-8-7-9-20(18-19)28-15-17-30-32(25,26)22-12-5-2-6-13-22/h1-13,18H,14-17H2,(H,23,24)(H,25,26). The third-order valence-electron chi connectivity index (χ3n) is 4.21. The first-order valence-corrected chi connectivity index (χ1v) is 12.9. The molecule has 2 N–H and O–H groups in total. The Bertz CT molecular complexity index is 993. The Hall–Kier alpha value is -2.44. The lowest BCUT2D eigenvalue weighted by Crippen LogP contribution is -2.12. The second-order valence-corrected chi connectivity index (χ2v) is 10.2. The molecular formula is C22H24O8P2. The van der Waals surface area contributed by atoms with Gasteiger partial charge in [0.1, 0.15) is 24.7 Å². The van der Waals surface area contributed by atoms with Crippen molar-refractivity contribution in [2.75, 3.05) is 26.4 Å². The van der Waals surface area contributed by atoms with Gasteiger partial charge in [0.2, 0.25) is 0 Å². The van der Waals surface area contributed by atoms with Crippen LogP contribution in [0.3, 0.4) is 0 Å². The molecule has 170 valence electrons. The molecule has 2 atom stereocenters. The van der Waals surface area contributed by atoms with Crippen molar-refractivity contribution in [3.63, 3.8) is 0 Å². The van der Waals surface area contributed by atoms with Gasteiger partial charge in [-0.25, -0.2) is 0 Å². The summed E-state index contributed by atoms with van der Waals surface area (Å²) >= 11 is 0. The van der Waals surface area contributed by atoms with Gasteiger partial charge in [0.15, 0.2) is 0 Å². The van der Waals surface area contributed by atoms with Crippen LogP contribution in [-0.4, -0.2) is 36.2 Å². The van der Waals surface area contributed by atoms with Gasteiger partial charge in [-0.15, -0.1) is 0 Å². The van der Waals surface area contributed by atoms with E-state index in [0.717, 1.165) is 0 Å². The molecule has 32 heavy (non-hydrogen) atoms. The van der Waals surface area contributed by atoms with Gasteiger partial charge in [0, 0.05) is 6.07 Å². The van der Waals surface area contributed by atoms with Crippen LogP contribution in [0.4, 0.5) is 0 Å². The van der Waals surface area contributed by atoms with Crippen LogP contribution in [0.15, 0.2) is 84.9 Å². The quantitative estimate of drug-likeness (QED) is 0.301. The highest BCUT2D eigenvalue weighted by Crippen LogP contribution is 2.41. The average molecular weight is 478 g/mol. The maximum atomic E-state index is 12.2. The lowest BCUT2D eigenvalue weighted by Gasteiger charge is -2.14. The zero-order valence-corrected chi connectivity index (χ0v) is 18.9. The van der Waals surface area contributed by atoms with E-state index in [-0.39, 0.29) is 37.0 Å². The molecule has 3 rings (SSSR count). The summed E-state index contributed by atoms with van der Waals surface area (Å²) in [6.45, 7) is -0.0246. The van der Waals surface area contributed by atoms with Crippen molar-refractivity contribution in [2.45, 2.75) is 0 Å². The molecule has 0 bridgehead atoms. The monoisotopic (exact) mass is 478 g/mol. The summed E-state index contributed by atoms with van der Waals surface area (Å²) in [5.74, 6) is 0.966. The van der Waals surface area contributed by atoms with Gasteiger partial charge >= 0.3 is 15.2 Å². The van der Waals surface area contributed by atoms with Crippen LogP contribution in [-0.2, 0) is 18.2 Å². The number of hydrogen-bond donors (Lipinski definition) is 2. The zero-order valence-electron chi connectivity index (χ0n) is 17.1. The first kappa shape index (κ1) is 24.2. The maximum Gasteiger partial charge on any atom is 0.358 e. The van der Waals surface area contributed by atoms with Crippen LogP contribution in [0, 0.1) is 0 Å². The van der Waals surface area contributed by atoms with E-state index in [1.165, 1.54) is 24.3 Å². The van der Waals surface area contributed by atoms with Crippen LogP contribution in [0.2, 0.25) is 0 Å². The van der Waals surface area contributed by atoms with Gasteiger partial charge in [-0.05, 0) is 36.4 Å². The molecule has 8 nitrogen and oxygen atoms in total. The molecule has 0 saturated carbocycles. The summed E-state index contributed by atoms with van der Waals surface area (Å²) in [6, 6.07) is 23.0. The Morgan fingerprint density at radius 3 is 1.38 bits per heavy atom. The van der Waals surface area contributed by atoms with Crippen LogP contribution in [0.25, 0.3) is 0 Å². The minimum absolute atomic E-state index is 0.0642. The topological polar surface area (TPSA) is 112 Å². The highest BCUT2D eigenvalue weighted by atomic mass is 31.2. The summed E-state index contributed by atoms with van der Waals surface area (Å²) in [6.07, 6.45) is 0. The fraction of sp³-hybridized carbons (Fsp3) is 0.182. The second kappa shape index (κ2) is 11.4. The molecule has 0 aromatic heterocycles. The van der Waals surface area contributed by atoms with E-state index in [9.17, 15) is 18.9 Å². The molecule has 0 aliphatic rings. The number of rotatable bonds is 12. The Morgan fingerprint density at radius 1 is 0.562 bits per heavy atom. The highest BCUT2D eigenvalue weighted by molar-refractivity contribution is 7.61. The van der Waals surface area contributed by atoms with Crippen molar-refractivity contribution in [2.24, 2.45) is 0 Å². The van der Waals surface area contributed by atoms with E-state index in [2.05, 4.69) is 0 Å². The van der Waals surface area contributed by atoms with Crippen molar-refractivity contribution in [3.8, 4) is 11.5 Å². The summed E-state index contributed by atoms with van der Waals surface area (Å²) in [7, 11) is -7.78. The van der Waals surface area contributed by atoms with E-state index in [0.29, 0.717) is 11.5 Å². The van der Waals surface area contributed by atoms with E-state index in [1.807, 2.05) is 0 Å². The average Bonchev–Trinajstić information content (AvgIpc) is 2.81. The van der Waals surface area contributed by atoms with Gasteiger partial charge < -0.3 is 28.3 Å². The van der Waals surface area contributed by atoms with Crippen LogP contribution >= 0.6 is 15.2 Å². The van der Waals surface area contributed by atoms with Crippen molar-refractivity contribution < 1.29 is 37.4 Å². The predicted molar refractivity (Wildman–Crippen MR) is 121 cm³/mol. The molecule has 2 unspecified atom stereocenters. The summed E-state index contributed by atoms with van der Waals surface area (Å²) < 4.78 is 45.7. The number of benzene rings is 3. The molecule has 0 fully saturated rings. The molecule has 0 aliphatic carbocycles. The van der Waals surface area contributed by atoms with E-state index in [1.54, 1.807) is 60.7 Å². The molecular weight excluding hydrogens is 454 g/mol. The van der Waals surface area contributed by atoms with E-state index >= 15 is 0 Å². The van der Waals surface area contributed by atoms with E-state index < -0.39 is 15.2 Å². The molecule has 3 aromatic rings. The fourth-order valence-electron chi connectivity index (χ4n) is 2.68. The van der Waals surface area contributed by atoms with Gasteiger partial charge in [0.05, 0.1) is 23.8 Å². The lowest BCUT2D eigenvalue weighted by molar-refractivity contribution is 0.195. The molecule has 0 amide bonds. The smallest absolute Gasteiger partial charge is 0.358 e. The molecule has 3 aromatic carbocycles. The third-order valence-corrected chi connectivity index (χ3v) is 7.17. The third kappa shape index (κ3) is 7.31. The molecule has 0 aliphatic heterocycles. The molecule has 0 spiro atoms. The summed E-state index contributed by atoms with van der Waals surface area (Å²) in [5.41, 5.74) is 0. The number of ether oxygens (including phenoxy) is 2. The minimum Gasteiger partial charge on any atom is -0.491 e. The normalized spacial score (nSPS) is 14.8. The SMILES string of the molecule is O=P(O)(OCCOc1cccc(OCCOP(=O)(O)c2ccccc2)c1)c1ccccc1. The minimum atomic E-state index is -3.89. The maximum absolute atomic E-state index is 12.2. The fourth-order valence-corrected chi connectivity index (χ4v) is 4.72.